The van der Waals surface area contributed by atoms with Crippen LogP contribution in [0.25, 0.3) is 6.08 Å². The van der Waals surface area contributed by atoms with Gasteiger partial charge in [-0.15, -0.1) is 13.0 Å². The molecule has 0 spiro atoms. The molecule has 2 rings (SSSR count). The number of nitrogens with zero attached hydrogens (tertiary/aromatic N) is 1. The standard InChI is InChI=1S/C25H24N2O3/c1-6-9-20-13-19(15-23(29-5)24(20)30-12-7-2)14-21(16-26)25(28)27-22-11-8-10-17(3)18(22)4/h2,6,8,10-11,13-15H,1,9,12H2,3-5H3,(H,27,28)/b21-14+. The Hall–Kier alpha value is -3.96. The molecule has 1 amide bonds. The van der Waals surface area contributed by atoms with Gasteiger partial charge in [-0.05, 0) is 61.2 Å². The van der Waals surface area contributed by atoms with Crippen LogP contribution < -0.4 is 14.8 Å². The molecule has 30 heavy (non-hydrogen) atoms. The molecule has 0 aliphatic carbocycles. The van der Waals surface area contributed by atoms with E-state index in [2.05, 4.69) is 17.8 Å². The van der Waals surface area contributed by atoms with Gasteiger partial charge in [0.25, 0.3) is 5.91 Å². The average molecular weight is 400 g/mol. The van der Waals surface area contributed by atoms with E-state index in [-0.39, 0.29) is 12.2 Å². The SMILES string of the molecule is C#CCOc1c(CC=C)cc(/C=C(\C#N)C(=O)Nc2cccc(C)c2C)cc1OC. The normalized spacial score (nSPS) is 10.5. The fourth-order valence-corrected chi connectivity index (χ4v) is 2.89. The number of nitrogens with one attached hydrogen (secondary N) is 1. The summed E-state index contributed by atoms with van der Waals surface area (Å²) < 4.78 is 11.1. The van der Waals surface area contributed by atoms with Gasteiger partial charge in [0.05, 0.1) is 7.11 Å². The molecule has 0 saturated heterocycles. The van der Waals surface area contributed by atoms with E-state index in [1.807, 2.05) is 38.1 Å². The number of hydrogen-bond acceptors (Lipinski definition) is 4. The van der Waals surface area contributed by atoms with Gasteiger partial charge in [-0.2, -0.15) is 5.26 Å². The molecule has 0 bridgehead atoms. The smallest absolute Gasteiger partial charge is 0.266 e. The highest BCUT2D eigenvalue weighted by molar-refractivity contribution is 6.10. The number of carbonyl (C=O) groups is 1. The van der Waals surface area contributed by atoms with Crippen molar-refractivity contribution in [3.8, 4) is 29.9 Å². The van der Waals surface area contributed by atoms with Crippen molar-refractivity contribution in [2.45, 2.75) is 20.3 Å². The second-order valence-electron chi connectivity index (χ2n) is 6.57. The second kappa shape index (κ2) is 10.5. The predicted molar refractivity (Wildman–Crippen MR) is 119 cm³/mol. The van der Waals surface area contributed by atoms with Gasteiger partial charge >= 0.3 is 0 Å². The van der Waals surface area contributed by atoms with Crippen LogP contribution in [0.3, 0.4) is 0 Å². The summed E-state index contributed by atoms with van der Waals surface area (Å²) in [5, 5.41) is 12.4. The van der Waals surface area contributed by atoms with Crippen LogP contribution in [0.5, 0.6) is 11.5 Å². The molecule has 2 aromatic rings. The summed E-state index contributed by atoms with van der Waals surface area (Å²) in [5.41, 5.74) is 4.07. The van der Waals surface area contributed by atoms with Crippen molar-refractivity contribution < 1.29 is 14.3 Å². The van der Waals surface area contributed by atoms with E-state index in [0.717, 1.165) is 16.7 Å². The Morgan fingerprint density at radius 2 is 2.10 bits per heavy atom. The van der Waals surface area contributed by atoms with Gasteiger partial charge in [-0.25, -0.2) is 0 Å². The minimum absolute atomic E-state index is 0.0280. The van der Waals surface area contributed by atoms with Gasteiger partial charge in [0.2, 0.25) is 0 Å². The van der Waals surface area contributed by atoms with Crippen LogP contribution in [-0.4, -0.2) is 19.6 Å². The van der Waals surface area contributed by atoms with E-state index in [1.165, 1.54) is 13.2 Å². The number of anilines is 1. The molecule has 0 saturated carbocycles. The number of benzene rings is 2. The minimum atomic E-state index is -0.483. The van der Waals surface area contributed by atoms with Crippen molar-refractivity contribution in [3.05, 3.63) is 70.8 Å². The number of allylic oxidation sites excluding steroid dienone is 1. The Morgan fingerprint density at radius 3 is 2.73 bits per heavy atom. The number of hydrogen-bond donors (Lipinski definition) is 1. The molecular weight excluding hydrogens is 376 g/mol. The minimum Gasteiger partial charge on any atom is -0.493 e. The lowest BCUT2D eigenvalue weighted by Gasteiger charge is -2.14. The van der Waals surface area contributed by atoms with Crippen molar-refractivity contribution in [2.75, 3.05) is 19.0 Å². The van der Waals surface area contributed by atoms with E-state index in [9.17, 15) is 10.1 Å². The third-order valence-corrected chi connectivity index (χ3v) is 4.57. The van der Waals surface area contributed by atoms with Crippen LogP contribution in [0.15, 0.2) is 48.6 Å². The lowest BCUT2D eigenvalue weighted by atomic mass is 10.0. The lowest BCUT2D eigenvalue weighted by molar-refractivity contribution is -0.112. The number of carbonyl (C=O) groups excluding carboxylic acids is 1. The van der Waals surface area contributed by atoms with E-state index in [1.54, 1.807) is 18.2 Å². The topological polar surface area (TPSA) is 71.3 Å². The highest BCUT2D eigenvalue weighted by Gasteiger charge is 2.15. The summed E-state index contributed by atoms with van der Waals surface area (Å²) in [6.07, 6.45) is 9.04. The Kier molecular flexibility index (Phi) is 7.85. The number of ether oxygens (including phenoxy) is 2. The molecule has 152 valence electrons. The van der Waals surface area contributed by atoms with Crippen molar-refractivity contribution >= 4 is 17.7 Å². The highest BCUT2D eigenvalue weighted by Crippen LogP contribution is 2.34. The summed E-state index contributed by atoms with van der Waals surface area (Å²) in [7, 11) is 1.52. The largest absolute Gasteiger partial charge is 0.493 e. The van der Waals surface area contributed by atoms with Gasteiger partial charge in [0.1, 0.15) is 18.2 Å². The average Bonchev–Trinajstić information content (AvgIpc) is 2.74. The fourth-order valence-electron chi connectivity index (χ4n) is 2.89. The Labute approximate surface area is 177 Å². The Bertz CT molecular complexity index is 1070. The Morgan fingerprint density at radius 1 is 1.33 bits per heavy atom. The summed E-state index contributed by atoms with van der Waals surface area (Å²) in [5.74, 6) is 2.93. The van der Waals surface area contributed by atoms with E-state index >= 15 is 0 Å². The first-order chi connectivity index (χ1) is 14.4. The van der Waals surface area contributed by atoms with Crippen molar-refractivity contribution in [2.24, 2.45) is 0 Å². The van der Waals surface area contributed by atoms with Gasteiger partial charge in [-0.3, -0.25) is 4.79 Å². The number of amides is 1. The summed E-state index contributed by atoms with van der Waals surface area (Å²) in [6, 6.07) is 11.1. The quantitative estimate of drug-likeness (QED) is 0.304. The van der Waals surface area contributed by atoms with Crippen molar-refractivity contribution in [3.63, 3.8) is 0 Å². The second-order valence-corrected chi connectivity index (χ2v) is 6.57. The first-order valence-corrected chi connectivity index (χ1v) is 9.32. The number of methoxy groups -OCH3 is 1. The molecule has 0 fully saturated rings. The summed E-state index contributed by atoms with van der Waals surface area (Å²) in [4.78, 5) is 12.7. The molecular formula is C25H24N2O3. The summed E-state index contributed by atoms with van der Waals surface area (Å²) in [6.45, 7) is 7.74. The van der Waals surface area contributed by atoms with Crippen LogP contribution in [0.1, 0.15) is 22.3 Å². The lowest BCUT2D eigenvalue weighted by Crippen LogP contribution is -2.14. The van der Waals surface area contributed by atoms with Crippen LogP contribution in [0, 0.1) is 37.5 Å². The van der Waals surface area contributed by atoms with Crippen LogP contribution >= 0.6 is 0 Å². The van der Waals surface area contributed by atoms with Crippen molar-refractivity contribution in [1.29, 1.82) is 5.26 Å². The third-order valence-electron chi connectivity index (χ3n) is 4.57. The van der Waals surface area contributed by atoms with Gasteiger partial charge in [0.15, 0.2) is 11.5 Å². The third kappa shape index (κ3) is 5.31. The predicted octanol–water partition coefficient (Wildman–Crippen LogP) is 4.60. The van der Waals surface area contributed by atoms with E-state index in [4.69, 9.17) is 15.9 Å². The number of aryl methyl sites for hydroxylation is 1. The van der Waals surface area contributed by atoms with Gasteiger partial charge < -0.3 is 14.8 Å². The zero-order chi connectivity index (χ0) is 22.1. The van der Waals surface area contributed by atoms with E-state index < -0.39 is 5.91 Å². The van der Waals surface area contributed by atoms with E-state index in [0.29, 0.717) is 29.2 Å². The molecule has 0 aliphatic heterocycles. The molecule has 5 heteroatoms. The van der Waals surface area contributed by atoms with Crippen LogP contribution in [-0.2, 0) is 11.2 Å². The zero-order valence-corrected chi connectivity index (χ0v) is 17.4. The molecule has 2 aromatic carbocycles. The number of terminal acetylenes is 1. The number of rotatable bonds is 8. The van der Waals surface area contributed by atoms with Crippen molar-refractivity contribution in [1.82, 2.24) is 0 Å². The zero-order valence-electron chi connectivity index (χ0n) is 17.4. The molecule has 0 unspecified atom stereocenters. The molecule has 5 nitrogen and oxygen atoms in total. The van der Waals surface area contributed by atoms with Gasteiger partial charge in [0, 0.05) is 11.3 Å². The molecule has 0 radical (unpaired) electrons. The molecule has 0 atom stereocenters. The first-order valence-electron chi connectivity index (χ1n) is 9.32. The molecule has 0 aliphatic rings. The highest BCUT2D eigenvalue weighted by atomic mass is 16.5. The van der Waals surface area contributed by atoms with Gasteiger partial charge in [-0.1, -0.05) is 24.1 Å². The Balaban J connectivity index is 2.42. The first kappa shape index (κ1) is 22.3. The number of nitriles is 1. The van der Waals surface area contributed by atoms with Crippen LogP contribution in [0.2, 0.25) is 0 Å². The maximum absolute atomic E-state index is 12.7. The maximum atomic E-state index is 12.7. The molecule has 0 heterocycles. The summed E-state index contributed by atoms with van der Waals surface area (Å²) >= 11 is 0. The fraction of sp³-hybridized carbons (Fsp3) is 0.200. The van der Waals surface area contributed by atoms with Crippen LogP contribution in [0.4, 0.5) is 5.69 Å². The molecule has 1 N–H and O–H groups in total. The maximum Gasteiger partial charge on any atom is 0.266 e. The monoisotopic (exact) mass is 400 g/mol. The molecule has 0 aromatic heterocycles.